The number of fused-ring (bicyclic) bond motifs is 1. The van der Waals surface area contributed by atoms with E-state index in [-0.39, 0.29) is 0 Å². The largest absolute Gasteiger partial charge is 0.433 e. The third-order valence-corrected chi connectivity index (χ3v) is 1.93. The molecule has 2 aromatic heterocycles. The number of aryl methyl sites for hydroxylation is 1. The lowest BCUT2D eigenvalue weighted by Crippen LogP contribution is -2.06. The molecule has 2 aromatic rings. The first-order chi connectivity index (χ1) is 6.47. The second-order valence-corrected chi connectivity index (χ2v) is 3.11. The fraction of sp³-hybridized carbons (Fsp3) is 0.222. The summed E-state index contributed by atoms with van der Waals surface area (Å²) in [7, 11) is 0. The van der Waals surface area contributed by atoms with Crippen molar-refractivity contribution in [1.29, 1.82) is 0 Å². The van der Waals surface area contributed by atoms with Gasteiger partial charge >= 0.3 is 6.18 Å². The van der Waals surface area contributed by atoms with Gasteiger partial charge in [0.15, 0.2) is 0 Å². The Hall–Kier alpha value is -1.52. The zero-order valence-corrected chi connectivity index (χ0v) is 7.31. The molecule has 0 aliphatic heterocycles. The molecule has 1 N–H and O–H groups in total. The van der Waals surface area contributed by atoms with Crippen LogP contribution < -0.4 is 0 Å². The zero-order chi connectivity index (χ0) is 10.3. The van der Waals surface area contributed by atoms with E-state index < -0.39 is 11.9 Å². The summed E-state index contributed by atoms with van der Waals surface area (Å²) in [6, 6.07) is 2.70. The van der Waals surface area contributed by atoms with Gasteiger partial charge in [-0.3, -0.25) is 0 Å². The number of hydrogen-bond acceptors (Lipinski definition) is 1. The molecule has 74 valence electrons. The third-order valence-electron chi connectivity index (χ3n) is 1.93. The number of pyridine rings is 1. The first-order valence-corrected chi connectivity index (χ1v) is 3.99. The highest BCUT2D eigenvalue weighted by Crippen LogP contribution is 2.29. The van der Waals surface area contributed by atoms with Gasteiger partial charge in [-0.1, -0.05) is 0 Å². The van der Waals surface area contributed by atoms with Crippen LogP contribution >= 0.6 is 0 Å². The summed E-state index contributed by atoms with van der Waals surface area (Å²) < 4.78 is 36.7. The first-order valence-electron chi connectivity index (χ1n) is 3.99. The fourth-order valence-electron chi connectivity index (χ4n) is 1.33. The topological polar surface area (TPSA) is 28.7 Å². The molecular formula is C9H7F3N2. The number of aromatic amines is 1. The number of rotatable bonds is 0. The fourth-order valence-corrected chi connectivity index (χ4v) is 1.33. The van der Waals surface area contributed by atoms with Crippen LogP contribution in [-0.4, -0.2) is 9.97 Å². The summed E-state index contributed by atoms with van der Waals surface area (Å²) in [6.07, 6.45) is -3.18. The van der Waals surface area contributed by atoms with Gasteiger partial charge in [0.2, 0.25) is 0 Å². The van der Waals surface area contributed by atoms with E-state index in [1.54, 1.807) is 13.0 Å². The average molecular weight is 200 g/mol. The van der Waals surface area contributed by atoms with Crippen molar-refractivity contribution in [2.75, 3.05) is 0 Å². The van der Waals surface area contributed by atoms with Crippen molar-refractivity contribution in [2.24, 2.45) is 0 Å². The molecule has 2 nitrogen and oxygen atoms in total. The molecule has 0 aliphatic rings. The SMILES string of the molecule is Cc1cc2cc(C(F)(F)F)ncc2[nH]1. The quantitative estimate of drug-likeness (QED) is 0.695. The summed E-state index contributed by atoms with van der Waals surface area (Å²) in [6.45, 7) is 1.78. The van der Waals surface area contributed by atoms with Crippen LogP contribution in [0.3, 0.4) is 0 Å². The van der Waals surface area contributed by atoms with Gasteiger partial charge in [0.05, 0.1) is 11.7 Å². The monoisotopic (exact) mass is 200 g/mol. The van der Waals surface area contributed by atoms with E-state index in [9.17, 15) is 13.2 Å². The summed E-state index contributed by atoms with van der Waals surface area (Å²) in [4.78, 5) is 6.24. The Labute approximate surface area is 77.8 Å². The highest BCUT2D eigenvalue weighted by molar-refractivity contribution is 5.79. The van der Waals surface area contributed by atoms with Crippen molar-refractivity contribution in [2.45, 2.75) is 13.1 Å². The Morgan fingerprint density at radius 3 is 2.64 bits per heavy atom. The van der Waals surface area contributed by atoms with Crippen LogP contribution in [0.25, 0.3) is 10.9 Å². The van der Waals surface area contributed by atoms with Crippen molar-refractivity contribution < 1.29 is 13.2 Å². The third kappa shape index (κ3) is 1.45. The summed E-state index contributed by atoms with van der Waals surface area (Å²) >= 11 is 0. The molecule has 0 atom stereocenters. The van der Waals surface area contributed by atoms with Crippen molar-refractivity contribution in [3.05, 3.63) is 29.7 Å². The second-order valence-electron chi connectivity index (χ2n) is 3.11. The van der Waals surface area contributed by atoms with E-state index in [1.165, 1.54) is 6.20 Å². The van der Waals surface area contributed by atoms with Gasteiger partial charge in [0.1, 0.15) is 5.69 Å². The van der Waals surface area contributed by atoms with E-state index in [1.807, 2.05) is 0 Å². The van der Waals surface area contributed by atoms with E-state index in [0.29, 0.717) is 10.9 Å². The highest BCUT2D eigenvalue weighted by Gasteiger charge is 2.32. The molecule has 0 bridgehead atoms. The maximum Gasteiger partial charge on any atom is 0.433 e. The minimum Gasteiger partial charge on any atom is -0.357 e. The predicted molar refractivity (Wildman–Crippen MR) is 45.8 cm³/mol. The number of halogens is 3. The smallest absolute Gasteiger partial charge is 0.357 e. The molecular weight excluding hydrogens is 193 g/mol. The molecule has 0 unspecified atom stereocenters. The molecule has 0 saturated heterocycles. The highest BCUT2D eigenvalue weighted by atomic mass is 19.4. The van der Waals surface area contributed by atoms with Gasteiger partial charge in [-0.2, -0.15) is 13.2 Å². The second kappa shape index (κ2) is 2.73. The van der Waals surface area contributed by atoms with Crippen molar-refractivity contribution >= 4 is 10.9 Å². The van der Waals surface area contributed by atoms with E-state index in [0.717, 1.165) is 11.8 Å². The zero-order valence-electron chi connectivity index (χ0n) is 7.31. The maximum atomic E-state index is 12.2. The van der Waals surface area contributed by atoms with E-state index in [4.69, 9.17) is 0 Å². The number of nitrogens with one attached hydrogen (secondary N) is 1. The Morgan fingerprint density at radius 2 is 2.00 bits per heavy atom. The van der Waals surface area contributed by atoms with Gasteiger partial charge in [-0.05, 0) is 19.1 Å². The molecule has 0 aliphatic carbocycles. The molecule has 0 aromatic carbocycles. The molecule has 2 rings (SSSR count). The predicted octanol–water partition coefficient (Wildman–Crippen LogP) is 2.89. The van der Waals surface area contributed by atoms with E-state index in [2.05, 4.69) is 9.97 Å². The maximum absolute atomic E-state index is 12.2. The number of alkyl halides is 3. The van der Waals surface area contributed by atoms with Crippen LogP contribution in [0, 0.1) is 6.92 Å². The van der Waals surface area contributed by atoms with Gasteiger partial charge in [0.25, 0.3) is 0 Å². The molecule has 0 radical (unpaired) electrons. The lowest BCUT2D eigenvalue weighted by Gasteiger charge is -2.04. The van der Waals surface area contributed by atoms with Crippen LogP contribution in [0.15, 0.2) is 18.3 Å². The molecule has 2 heterocycles. The Balaban J connectivity index is 2.62. The van der Waals surface area contributed by atoms with Gasteiger partial charge in [-0.15, -0.1) is 0 Å². The summed E-state index contributed by atoms with van der Waals surface area (Å²) in [5.41, 5.74) is 0.584. The number of hydrogen-bond donors (Lipinski definition) is 1. The van der Waals surface area contributed by atoms with Crippen LogP contribution in [0.2, 0.25) is 0 Å². The normalized spacial score (nSPS) is 12.3. The van der Waals surface area contributed by atoms with Crippen LogP contribution in [0.4, 0.5) is 13.2 Å². The Bertz CT molecular complexity index is 470. The summed E-state index contributed by atoms with van der Waals surface area (Å²) in [5, 5.41) is 0.532. The number of aromatic nitrogens is 2. The van der Waals surface area contributed by atoms with Crippen LogP contribution in [0.5, 0.6) is 0 Å². The molecule has 0 saturated carbocycles. The Kier molecular flexibility index (Phi) is 1.77. The average Bonchev–Trinajstić information content (AvgIpc) is 2.41. The first kappa shape index (κ1) is 9.05. The lowest BCUT2D eigenvalue weighted by atomic mass is 10.2. The molecule has 0 spiro atoms. The number of nitrogens with zero attached hydrogens (tertiary/aromatic N) is 1. The van der Waals surface area contributed by atoms with Crippen molar-refractivity contribution in [3.8, 4) is 0 Å². The standard InChI is InChI=1S/C9H7F3N2/c1-5-2-6-3-8(9(10,11)12)13-4-7(6)14-5/h2-4,14H,1H3. The van der Waals surface area contributed by atoms with Crippen molar-refractivity contribution in [3.63, 3.8) is 0 Å². The van der Waals surface area contributed by atoms with Crippen molar-refractivity contribution in [1.82, 2.24) is 9.97 Å². The minimum atomic E-state index is -4.38. The molecule has 0 amide bonds. The molecule has 5 heteroatoms. The van der Waals surface area contributed by atoms with Crippen LogP contribution in [-0.2, 0) is 6.18 Å². The Morgan fingerprint density at radius 1 is 1.29 bits per heavy atom. The number of H-pyrrole nitrogens is 1. The molecule has 0 fully saturated rings. The minimum absolute atomic E-state index is 0.532. The van der Waals surface area contributed by atoms with Gasteiger partial charge in [0, 0.05) is 11.1 Å². The van der Waals surface area contributed by atoms with Gasteiger partial charge in [-0.25, -0.2) is 4.98 Å². The lowest BCUT2D eigenvalue weighted by molar-refractivity contribution is -0.141. The van der Waals surface area contributed by atoms with Crippen LogP contribution in [0.1, 0.15) is 11.4 Å². The van der Waals surface area contributed by atoms with Gasteiger partial charge < -0.3 is 4.98 Å². The van der Waals surface area contributed by atoms with E-state index >= 15 is 0 Å². The summed E-state index contributed by atoms with van der Waals surface area (Å²) in [5.74, 6) is 0. The molecule has 14 heavy (non-hydrogen) atoms.